The van der Waals surface area contributed by atoms with Gasteiger partial charge in [-0.15, -0.1) is 0 Å². The lowest BCUT2D eigenvalue weighted by Crippen LogP contribution is -2.18. The number of nitrogens with two attached hydrogens (primary N) is 1. The third-order valence-corrected chi connectivity index (χ3v) is 3.42. The summed E-state index contributed by atoms with van der Waals surface area (Å²) in [4.78, 5) is 26.2. The van der Waals surface area contributed by atoms with Crippen LogP contribution in [0.15, 0.2) is 24.3 Å². The Hall–Kier alpha value is -2.96. The number of aromatic amines is 1. The third-order valence-electron chi connectivity index (χ3n) is 3.42. The van der Waals surface area contributed by atoms with Crippen LogP contribution < -0.4 is 11.1 Å². The molecule has 0 saturated heterocycles. The molecule has 0 atom stereocenters. The van der Waals surface area contributed by atoms with E-state index in [0.717, 1.165) is 11.3 Å². The zero-order valence-electron chi connectivity index (χ0n) is 13.0. The number of carbonyl (C=O) groups excluding carboxylic acids is 2. The van der Waals surface area contributed by atoms with Gasteiger partial charge >= 0.3 is 6.09 Å². The molecule has 1 heterocycles. The van der Waals surface area contributed by atoms with Crippen molar-refractivity contribution in [2.24, 2.45) is 5.73 Å². The number of carbonyl (C=O) groups is 2. The highest BCUT2D eigenvalue weighted by molar-refractivity contribution is 6.02. The van der Waals surface area contributed by atoms with Crippen LogP contribution in [0.1, 0.15) is 34.1 Å². The molecule has 2 amide bonds. The standard InChI is InChI=1S/C16H19N3O4/c1-3-23-16(22)19-15-13(14(17)21)9(2)12(18-15)8-10-4-6-11(20)7-5-10/h4-7,18,20H,3,8H2,1-2H3,(H2,17,21)(H,19,22). The number of H-pyrrole nitrogens is 1. The average Bonchev–Trinajstić information content (AvgIpc) is 2.77. The molecule has 7 heteroatoms. The molecule has 0 aliphatic rings. The van der Waals surface area contributed by atoms with Crippen molar-refractivity contribution in [3.05, 3.63) is 46.6 Å². The molecule has 1 aromatic heterocycles. The number of benzene rings is 1. The summed E-state index contributed by atoms with van der Waals surface area (Å²) < 4.78 is 4.81. The van der Waals surface area contributed by atoms with Crippen LogP contribution in [-0.4, -0.2) is 28.7 Å². The van der Waals surface area contributed by atoms with Gasteiger partial charge in [0.05, 0.1) is 12.2 Å². The number of hydrogen-bond donors (Lipinski definition) is 4. The molecule has 0 radical (unpaired) electrons. The van der Waals surface area contributed by atoms with Gasteiger partial charge in [0, 0.05) is 12.1 Å². The van der Waals surface area contributed by atoms with Crippen LogP contribution in [0.25, 0.3) is 0 Å². The van der Waals surface area contributed by atoms with Crippen molar-refractivity contribution in [1.82, 2.24) is 4.98 Å². The Balaban J connectivity index is 2.31. The summed E-state index contributed by atoms with van der Waals surface area (Å²) in [6.45, 7) is 3.66. The lowest BCUT2D eigenvalue weighted by atomic mass is 10.0. The van der Waals surface area contributed by atoms with Gasteiger partial charge in [0.1, 0.15) is 11.6 Å². The van der Waals surface area contributed by atoms with Crippen molar-refractivity contribution in [3.8, 4) is 5.75 Å². The highest BCUT2D eigenvalue weighted by Gasteiger charge is 2.20. The van der Waals surface area contributed by atoms with Gasteiger partial charge in [0.2, 0.25) is 0 Å². The number of amides is 2. The molecule has 0 saturated carbocycles. The van der Waals surface area contributed by atoms with Gasteiger partial charge in [-0.05, 0) is 37.1 Å². The first kappa shape index (κ1) is 16.4. The first-order chi connectivity index (χ1) is 10.9. The molecule has 0 aliphatic heterocycles. The smallest absolute Gasteiger partial charge is 0.412 e. The first-order valence-electron chi connectivity index (χ1n) is 7.15. The van der Waals surface area contributed by atoms with Crippen molar-refractivity contribution in [2.75, 3.05) is 11.9 Å². The Morgan fingerprint density at radius 1 is 1.30 bits per heavy atom. The second-order valence-electron chi connectivity index (χ2n) is 5.03. The number of anilines is 1. The molecule has 1 aromatic carbocycles. The van der Waals surface area contributed by atoms with E-state index in [-0.39, 0.29) is 23.7 Å². The molecule has 0 fully saturated rings. The van der Waals surface area contributed by atoms with E-state index >= 15 is 0 Å². The second kappa shape index (κ2) is 6.87. The van der Waals surface area contributed by atoms with Crippen LogP contribution in [0, 0.1) is 6.92 Å². The second-order valence-corrected chi connectivity index (χ2v) is 5.03. The predicted molar refractivity (Wildman–Crippen MR) is 85.6 cm³/mol. The molecule has 0 spiro atoms. The molecular formula is C16H19N3O4. The number of phenolic OH excluding ortho intramolecular Hbond substituents is 1. The zero-order chi connectivity index (χ0) is 17.0. The number of rotatable bonds is 5. The summed E-state index contributed by atoms with van der Waals surface area (Å²) in [7, 11) is 0. The number of primary amides is 1. The van der Waals surface area contributed by atoms with Gasteiger partial charge in [0.25, 0.3) is 5.91 Å². The molecule has 2 rings (SSSR count). The van der Waals surface area contributed by atoms with Gasteiger partial charge in [-0.1, -0.05) is 12.1 Å². The first-order valence-corrected chi connectivity index (χ1v) is 7.15. The highest BCUT2D eigenvalue weighted by Crippen LogP contribution is 2.25. The van der Waals surface area contributed by atoms with Crippen molar-refractivity contribution in [1.29, 1.82) is 0 Å². The van der Waals surface area contributed by atoms with Gasteiger partial charge in [-0.2, -0.15) is 0 Å². The number of ether oxygens (including phenoxy) is 1. The van der Waals surface area contributed by atoms with Gasteiger partial charge in [-0.25, -0.2) is 4.79 Å². The van der Waals surface area contributed by atoms with Crippen LogP contribution in [0.4, 0.5) is 10.6 Å². The number of aromatic nitrogens is 1. The fraction of sp³-hybridized carbons (Fsp3) is 0.250. The normalized spacial score (nSPS) is 10.3. The maximum absolute atomic E-state index is 11.7. The van der Waals surface area contributed by atoms with E-state index in [4.69, 9.17) is 10.5 Å². The van der Waals surface area contributed by atoms with Crippen LogP contribution in [0.3, 0.4) is 0 Å². The number of nitrogens with one attached hydrogen (secondary N) is 2. The topological polar surface area (TPSA) is 117 Å². The van der Waals surface area contributed by atoms with E-state index in [1.807, 2.05) is 0 Å². The minimum atomic E-state index is -0.660. The minimum absolute atomic E-state index is 0.180. The summed E-state index contributed by atoms with van der Waals surface area (Å²) in [5.74, 6) is -0.232. The molecule has 5 N–H and O–H groups in total. The van der Waals surface area contributed by atoms with Crippen LogP contribution in [0.2, 0.25) is 0 Å². The van der Waals surface area contributed by atoms with E-state index in [1.165, 1.54) is 0 Å². The van der Waals surface area contributed by atoms with Crippen molar-refractivity contribution in [3.63, 3.8) is 0 Å². The van der Waals surface area contributed by atoms with Gasteiger partial charge in [-0.3, -0.25) is 10.1 Å². The van der Waals surface area contributed by atoms with E-state index in [0.29, 0.717) is 12.0 Å². The van der Waals surface area contributed by atoms with E-state index < -0.39 is 12.0 Å². The van der Waals surface area contributed by atoms with Gasteiger partial charge in [0.15, 0.2) is 0 Å². The van der Waals surface area contributed by atoms with Crippen molar-refractivity contribution < 1.29 is 19.4 Å². The Bertz CT molecular complexity index is 720. The maximum atomic E-state index is 11.7. The van der Waals surface area contributed by atoms with Crippen LogP contribution in [0.5, 0.6) is 5.75 Å². The third kappa shape index (κ3) is 3.82. The summed E-state index contributed by atoms with van der Waals surface area (Å²) in [6, 6.07) is 6.72. The molecule has 0 aliphatic carbocycles. The van der Waals surface area contributed by atoms with Crippen molar-refractivity contribution >= 4 is 17.8 Å². The fourth-order valence-electron chi connectivity index (χ4n) is 2.31. The monoisotopic (exact) mass is 317 g/mol. The Morgan fingerprint density at radius 2 is 1.96 bits per heavy atom. The summed E-state index contributed by atoms with van der Waals surface area (Å²) in [6.07, 6.45) is -0.163. The zero-order valence-corrected chi connectivity index (χ0v) is 13.0. The Kier molecular flexibility index (Phi) is 4.90. The minimum Gasteiger partial charge on any atom is -0.508 e. The molecule has 2 aromatic rings. The number of phenols is 1. The molecular weight excluding hydrogens is 298 g/mol. The lowest BCUT2D eigenvalue weighted by molar-refractivity contribution is 0.100. The molecule has 0 bridgehead atoms. The van der Waals surface area contributed by atoms with Crippen LogP contribution >= 0.6 is 0 Å². The SMILES string of the molecule is CCOC(=O)Nc1[nH]c(Cc2ccc(O)cc2)c(C)c1C(N)=O. The van der Waals surface area contributed by atoms with E-state index in [2.05, 4.69) is 10.3 Å². The summed E-state index contributed by atoms with van der Waals surface area (Å²) >= 11 is 0. The lowest BCUT2D eigenvalue weighted by Gasteiger charge is -2.04. The predicted octanol–water partition coefficient (Wildman–Crippen LogP) is 2.29. The van der Waals surface area contributed by atoms with E-state index in [1.54, 1.807) is 38.1 Å². The number of aromatic hydroxyl groups is 1. The molecule has 0 unspecified atom stereocenters. The maximum Gasteiger partial charge on any atom is 0.412 e. The molecule has 23 heavy (non-hydrogen) atoms. The molecule has 122 valence electrons. The fourth-order valence-corrected chi connectivity index (χ4v) is 2.31. The Labute approximate surface area is 133 Å². The van der Waals surface area contributed by atoms with E-state index in [9.17, 15) is 14.7 Å². The highest BCUT2D eigenvalue weighted by atomic mass is 16.5. The summed E-state index contributed by atoms with van der Waals surface area (Å²) in [5, 5.41) is 11.8. The Morgan fingerprint density at radius 3 is 2.52 bits per heavy atom. The number of hydrogen-bond acceptors (Lipinski definition) is 4. The largest absolute Gasteiger partial charge is 0.508 e. The van der Waals surface area contributed by atoms with Crippen LogP contribution in [-0.2, 0) is 11.2 Å². The summed E-state index contributed by atoms with van der Waals surface area (Å²) in [5.41, 5.74) is 7.98. The van der Waals surface area contributed by atoms with Crippen molar-refractivity contribution in [2.45, 2.75) is 20.3 Å². The average molecular weight is 317 g/mol. The molecule has 7 nitrogen and oxygen atoms in total. The quantitative estimate of drug-likeness (QED) is 0.676. The van der Waals surface area contributed by atoms with Gasteiger partial charge < -0.3 is 20.6 Å².